The first-order chi connectivity index (χ1) is 19.4. The van der Waals surface area contributed by atoms with Gasteiger partial charge in [-0.05, 0) is 19.4 Å². The van der Waals surface area contributed by atoms with Crippen molar-refractivity contribution >= 4 is 42.9 Å². The van der Waals surface area contributed by atoms with Crippen molar-refractivity contribution in [1.82, 2.24) is 9.99 Å². The predicted molar refractivity (Wildman–Crippen MR) is 150 cm³/mol. The summed E-state index contributed by atoms with van der Waals surface area (Å²) in [7, 11) is -4.02. The lowest BCUT2D eigenvalue weighted by atomic mass is 9.97. The lowest BCUT2D eigenvalue weighted by Crippen LogP contribution is -2.51. The molecule has 7 atom stereocenters. The number of nitrogens with one attached hydrogen (secondary N) is 1. The second-order valence-electron chi connectivity index (χ2n) is 10.2. The molecule has 1 saturated heterocycles. The quantitative estimate of drug-likeness (QED) is 0.116. The van der Waals surface area contributed by atoms with Crippen LogP contribution in [0.1, 0.15) is 19.4 Å². The highest BCUT2D eigenvalue weighted by atomic mass is 32.2. The first kappa shape index (κ1) is 31.7. The number of aliphatic hydroxyl groups is 3. The molecule has 41 heavy (non-hydrogen) atoms. The van der Waals surface area contributed by atoms with Crippen molar-refractivity contribution in [3.05, 3.63) is 35.9 Å². The third kappa shape index (κ3) is 7.58. The fourth-order valence-electron chi connectivity index (χ4n) is 4.10. The predicted octanol–water partition coefficient (Wildman–Crippen LogP) is 0.377. The van der Waals surface area contributed by atoms with Gasteiger partial charge in [0.2, 0.25) is 0 Å². The van der Waals surface area contributed by atoms with E-state index in [0.717, 1.165) is 17.3 Å². The van der Waals surface area contributed by atoms with E-state index in [4.69, 9.17) is 19.5 Å². The summed E-state index contributed by atoms with van der Waals surface area (Å²) in [5.74, 6) is 0.0586. The van der Waals surface area contributed by atoms with E-state index >= 15 is 0 Å². The number of thioether (sulfide) groups is 1. The van der Waals surface area contributed by atoms with Crippen molar-refractivity contribution in [2.45, 2.75) is 57.1 Å². The number of carbonyl (C=O) groups excluding carboxylic acids is 1. The molecule has 14 nitrogen and oxygen atoms in total. The van der Waals surface area contributed by atoms with E-state index in [-0.39, 0.29) is 36.5 Å². The zero-order valence-electron chi connectivity index (χ0n) is 22.4. The Bertz CT molecular complexity index is 1220. The van der Waals surface area contributed by atoms with Gasteiger partial charge in [-0.2, -0.15) is 9.38 Å². The van der Waals surface area contributed by atoms with E-state index in [1.807, 2.05) is 30.3 Å². The van der Waals surface area contributed by atoms with Crippen LogP contribution in [-0.4, -0.2) is 106 Å². The van der Waals surface area contributed by atoms with Gasteiger partial charge in [-0.3, -0.25) is 18.8 Å². The number of ether oxygens (including phenoxy) is 1. The second kappa shape index (κ2) is 13.4. The van der Waals surface area contributed by atoms with Crippen molar-refractivity contribution in [2.75, 3.05) is 25.6 Å². The Labute approximate surface area is 240 Å². The Morgan fingerprint density at radius 1 is 1.27 bits per heavy atom. The van der Waals surface area contributed by atoms with E-state index in [2.05, 4.69) is 20.1 Å². The number of aliphatic hydroxyl groups excluding tert-OH is 3. The second-order valence-corrected chi connectivity index (χ2v) is 13.1. The standard InChI is InChI=1S/C24H34FN6O8PS/c1-24(2,12-32)22(35)41-9-8-37-40(36,28-10-14-6-4-3-5-7-14)38-11-15-17(33)18(34)21(39-15)31-13-27-16-19(26)29-23(25)30-20(16)31/h3-7,13,15-18,20-21,32-34H,8-12H2,1-2H3,(H,28,36)(H2,26,29,30)/t15-,16?,17?,18-,20?,21-,40?/m1/s1. The molecule has 3 aliphatic rings. The van der Waals surface area contributed by atoms with Crippen LogP contribution in [0.4, 0.5) is 4.39 Å². The van der Waals surface area contributed by atoms with Gasteiger partial charge in [0, 0.05) is 12.3 Å². The molecule has 17 heteroatoms. The molecule has 0 saturated carbocycles. The first-order valence-electron chi connectivity index (χ1n) is 12.8. The Balaban J connectivity index is 1.38. The number of hydrogen-bond donors (Lipinski definition) is 5. The fraction of sp³-hybridized carbons (Fsp3) is 0.583. The summed E-state index contributed by atoms with van der Waals surface area (Å²) < 4.78 is 44.4. The molecule has 6 N–H and O–H groups in total. The summed E-state index contributed by atoms with van der Waals surface area (Å²) in [5.41, 5.74) is 5.62. The molecule has 1 aromatic rings. The highest BCUT2D eigenvalue weighted by molar-refractivity contribution is 8.13. The van der Waals surface area contributed by atoms with Crippen LogP contribution in [0.25, 0.3) is 0 Å². The van der Waals surface area contributed by atoms with Gasteiger partial charge in [0.05, 0.1) is 31.6 Å². The lowest BCUT2D eigenvalue weighted by molar-refractivity contribution is -0.119. The first-order valence-corrected chi connectivity index (χ1v) is 15.3. The number of amidine groups is 2. The molecular formula is C24H34FN6O8PS. The normalized spacial score (nSPS) is 29.2. The van der Waals surface area contributed by atoms with Crippen molar-refractivity contribution in [3.63, 3.8) is 0 Å². The van der Waals surface area contributed by atoms with Crippen LogP contribution in [0.2, 0.25) is 0 Å². The molecule has 3 heterocycles. The molecule has 0 spiro atoms. The fourth-order valence-corrected chi connectivity index (χ4v) is 6.34. The minimum atomic E-state index is -4.02. The van der Waals surface area contributed by atoms with Gasteiger partial charge in [0.15, 0.2) is 17.5 Å². The minimum absolute atomic E-state index is 0.0865. The van der Waals surface area contributed by atoms with Crippen LogP contribution in [0.5, 0.6) is 0 Å². The number of nitrogens with zero attached hydrogens (tertiary/aromatic N) is 4. The number of halogens is 1. The molecule has 0 amide bonds. The topological polar surface area (TPSA) is 201 Å². The molecule has 3 aliphatic heterocycles. The van der Waals surface area contributed by atoms with E-state index in [0.29, 0.717) is 0 Å². The maximum Gasteiger partial charge on any atom is 0.405 e. The van der Waals surface area contributed by atoms with Gasteiger partial charge in [0.25, 0.3) is 0 Å². The molecule has 0 aromatic heterocycles. The average molecular weight is 617 g/mol. The van der Waals surface area contributed by atoms with Gasteiger partial charge in [0.1, 0.15) is 30.2 Å². The molecule has 1 fully saturated rings. The van der Waals surface area contributed by atoms with E-state index in [1.165, 1.54) is 11.2 Å². The maximum absolute atomic E-state index is 13.8. The van der Waals surface area contributed by atoms with Crippen molar-refractivity contribution in [3.8, 4) is 0 Å². The van der Waals surface area contributed by atoms with E-state index in [1.54, 1.807) is 13.8 Å². The molecule has 226 valence electrons. The summed E-state index contributed by atoms with van der Waals surface area (Å²) in [5, 5.41) is 33.3. The summed E-state index contributed by atoms with van der Waals surface area (Å²) in [6.45, 7) is 2.46. The number of carbonyl (C=O) groups is 1. The summed E-state index contributed by atoms with van der Waals surface area (Å²) in [6.07, 6.45) is -5.99. The number of aliphatic imine (C=N–C) groups is 3. The largest absolute Gasteiger partial charge is 0.405 e. The number of rotatable bonds is 13. The molecule has 1 aromatic carbocycles. The van der Waals surface area contributed by atoms with Crippen molar-refractivity contribution < 1.29 is 42.9 Å². The van der Waals surface area contributed by atoms with Crippen molar-refractivity contribution in [2.24, 2.45) is 26.1 Å². The third-order valence-electron chi connectivity index (χ3n) is 6.60. The van der Waals surface area contributed by atoms with Crippen LogP contribution < -0.4 is 10.8 Å². The summed E-state index contributed by atoms with van der Waals surface area (Å²) in [6, 6.07) is 8.31. The summed E-state index contributed by atoms with van der Waals surface area (Å²) >= 11 is 0.932. The highest BCUT2D eigenvalue weighted by Gasteiger charge is 2.51. The Morgan fingerprint density at radius 3 is 2.71 bits per heavy atom. The molecule has 4 unspecified atom stereocenters. The SMILES string of the molecule is CC(C)(CO)C(=O)SCCOP(=O)(NCc1ccccc1)OC[C@H]1O[C@@H](N2C=NC3C(N)=NC(F)=NC32)[C@H](O)C1O. The number of nitrogens with two attached hydrogens (primary N) is 1. The number of benzene rings is 1. The number of hydrogen-bond acceptors (Lipinski definition) is 14. The van der Waals surface area contributed by atoms with E-state index < -0.39 is 62.6 Å². The molecular weight excluding hydrogens is 582 g/mol. The van der Waals surface area contributed by atoms with Gasteiger partial charge in [-0.15, -0.1) is 0 Å². The van der Waals surface area contributed by atoms with Crippen LogP contribution in [0.3, 0.4) is 0 Å². The number of fused-ring (bicyclic) bond motifs is 1. The van der Waals surface area contributed by atoms with Crippen molar-refractivity contribution in [1.29, 1.82) is 0 Å². The van der Waals surface area contributed by atoms with Gasteiger partial charge in [-0.1, -0.05) is 42.1 Å². The monoisotopic (exact) mass is 616 g/mol. The van der Waals surface area contributed by atoms with Crippen LogP contribution in [-0.2, 0) is 29.7 Å². The third-order valence-corrected chi connectivity index (χ3v) is 9.34. The van der Waals surface area contributed by atoms with Gasteiger partial charge in [-0.25, -0.2) is 14.6 Å². The van der Waals surface area contributed by atoms with Crippen LogP contribution in [0.15, 0.2) is 45.3 Å². The smallest absolute Gasteiger partial charge is 0.395 e. The highest BCUT2D eigenvalue weighted by Crippen LogP contribution is 2.45. The molecule has 4 rings (SSSR count). The molecule has 0 radical (unpaired) electrons. The average Bonchev–Trinajstić information content (AvgIpc) is 3.49. The zero-order valence-corrected chi connectivity index (χ0v) is 24.2. The minimum Gasteiger partial charge on any atom is -0.395 e. The summed E-state index contributed by atoms with van der Waals surface area (Å²) in [4.78, 5) is 25.0. The lowest BCUT2D eigenvalue weighted by Gasteiger charge is -2.31. The molecule has 0 bridgehead atoms. The van der Waals surface area contributed by atoms with Crippen LogP contribution in [0, 0.1) is 5.41 Å². The Kier molecular flexibility index (Phi) is 10.3. The van der Waals surface area contributed by atoms with Gasteiger partial charge >= 0.3 is 13.8 Å². The van der Waals surface area contributed by atoms with E-state index in [9.17, 15) is 29.1 Å². The van der Waals surface area contributed by atoms with Gasteiger partial charge < -0.3 is 30.7 Å². The maximum atomic E-state index is 13.8. The van der Waals surface area contributed by atoms with Crippen LogP contribution >= 0.6 is 19.5 Å². The molecule has 0 aliphatic carbocycles. The Morgan fingerprint density at radius 2 is 2.00 bits per heavy atom. The Hall–Kier alpha value is -2.27. The zero-order chi connectivity index (χ0) is 29.8.